The highest BCUT2D eigenvalue weighted by atomic mass is 16.5. The molecule has 0 heterocycles. The predicted octanol–water partition coefficient (Wildman–Crippen LogP) is 2.19. The van der Waals surface area contributed by atoms with E-state index in [4.69, 9.17) is 9.84 Å². The molecule has 1 N–H and O–H groups in total. The van der Waals surface area contributed by atoms with E-state index < -0.39 is 0 Å². The van der Waals surface area contributed by atoms with Crippen LogP contribution in [0, 0.1) is 0 Å². The lowest BCUT2D eigenvalue weighted by Crippen LogP contribution is -2.11. The number of aliphatic hydroxyl groups excluding tert-OH is 1. The molecule has 0 spiro atoms. The fourth-order valence-electron chi connectivity index (χ4n) is 1.65. The fraction of sp³-hybridized carbons (Fsp3) is 0.538. The van der Waals surface area contributed by atoms with E-state index in [1.807, 2.05) is 6.92 Å². The topological polar surface area (TPSA) is 29.5 Å². The largest absolute Gasteiger partial charge is 0.396 e. The van der Waals surface area contributed by atoms with E-state index in [2.05, 4.69) is 31.2 Å². The molecule has 1 aromatic carbocycles. The SMILES string of the molecule is CCOC(C)Cc1ccc(CCO)cc1. The van der Waals surface area contributed by atoms with E-state index in [-0.39, 0.29) is 12.7 Å². The molecule has 0 radical (unpaired) electrons. The zero-order chi connectivity index (χ0) is 11.1. The Kier molecular flexibility index (Phi) is 5.37. The van der Waals surface area contributed by atoms with Gasteiger partial charge in [-0.1, -0.05) is 24.3 Å². The van der Waals surface area contributed by atoms with Gasteiger partial charge in [-0.3, -0.25) is 0 Å². The van der Waals surface area contributed by atoms with Gasteiger partial charge < -0.3 is 9.84 Å². The third-order valence-corrected chi connectivity index (χ3v) is 2.40. The molecule has 0 bridgehead atoms. The average molecular weight is 208 g/mol. The minimum Gasteiger partial charge on any atom is -0.396 e. The molecule has 84 valence electrons. The molecule has 0 fully saturated rings. The first kappa shape index (κ1) is 12.2. The van der Waals surface area contributed by atoms with Crippen molar-refractivity contribution in [1.82, 2.24) is 0 Å². The van der Waals surface area contributed by atoms with Crippen molar-refractivity contribution < 1.29 is 9.84 Å². The van der Waals surface area contributed by atoms with Crippen molar-refractivity contribution >= 4 is 0 Å². The summed E-state index contributed by atoms with van der Waals surface area (Å²) in [6, 6.07) is 8.37. The van der Waals surface area contributed by atoms with Gasteiger partial charge in [0.15, 0.2) is 0 Å². The van der Waals surface area contributed by atoms with Crippen LogP contribution in [0.25, 0.3) is 0 Å². The maximum absolute atomic E-state index is 8.78. The van der Waals surface area contributed by atoms with Crippen LogP contribution in [0.3, 0.4) is 0 Å². The second kappa shape index (κ2) is 6.59. The summed E-state index contributed by atoms with van der Waals surface area (Å²) in [5.41, 5.74) is 2.47. The van der Waals surface area contributed by atoms with Gasteiger partial charge in [0.25, 0.3) is 0 Å². The Labute approximate surface area is 91.9 Å². The van der Waals surface area contributed by atoms with Gasteiger partial charge in [0, 0.05) is 13.2 Å². The summed E-state index contributed by atoms with van der Waals surface area (Å²) in [7, 11) is 0. The second-order valence-corrected chi connectivity index (χ2v) is 3.76. The monoisotopic (exact) mass is 208 g/mol. The Morgan fingerprint density at radius 3 is 2.33 bits per heavy atom. The van der Waals surface area contributed by atoms with Crippen LogP contribution in [0.1, 0.15) is 25.0 Å². The molecule has 0 aliphatic heterocycles. The van der Waals surface area contributed by atoms with Crippen LogP contribution >= 0.6 is 0 Å². The molecule has 0 saturated carbocycles. The van der Waals surface area contributed by atoms with Crippen LogP contribution in [0.5, 0.6) is 0 Å². The van der Waals surface area contributed by atoms with Crippen molar-refractivity contribution in [3.8, 4) is 0 Å². The molecule has 15 heavy (non-hydrogen) atoms. The Hall–Kier alpha value is -0.860. The lowest BCUT2D eigenvalue weighted by atomic mass is 10.1. The average Bonchev–Trinajstić information content (AvgIpc) is 2.22. The first-order chi connectivity index (χ1) is 7.26. The van der Waals surface area contributed by atoms with Gasteiger partial charge in [-0.2, -0.15) is 0 Å². The first-order valence-corrected chi connectivity index (χ1v) is 5.56. The zero-order valence-electron chi connectivity index (χ0n) is 9.57. The fourth-order valence-corrected chi connectivity index (χ4v) is 1.65. The van der Waals surface area contributed by atoms with Gasteiger partial charge in [-0.15, -0.1) is 0 Å². The lowest BCUT2D eigenvalue weighted by Gasteiger charge is -2.11. The summed E-state index contributed by atoms with van der Waals surface area (Å²) in [5, 5.41) is 8.78. The van der Waals surface area contributed by atoms with Gasteiger partial charge in [0.1, 0.15) is 0 Å². The van der Waals surface area contributed by atoms with Crippen LogP contribution in [0.15, 0.2) is 24.3 Å². The standard InChI is InChI=1S/C13H20O2/c1-3-15-11(2)10-13-6-4-12(5-7-13)8-9-14/h4-7,11,14H,3,8-10H2,1-2H3. The molecule has 0 amide bonds. The number of aliphatic hydroxyl groups is 1. The Morgan fingerprint density at radius 1 is 1.20 bits per heavy atom. The van der Waals surface area contributed by atoms with Crippen molar-refractivity contribution in [2.75, 3.05) is 13.2 Å². The van der Waals surface area contributed by atoms with E-state index in [1.165, 1.54) is 11.1 Å². The minimum absolute atomic E-state index is 0.217. The van der Waals surface area contributed by atoms with Gasteiger partial charge in [0.2, 0.25) is 0 Å². The van der Waals surface area contributed by atoms with Crippen molar-refractivity contribution in [2.24, 2.45) is 0 Å². The molecule has 0 aliphatic rings. The van der Waals surface area contributed by atoms with Gasteiger partial charge in [-0.05, 0) is 37.8 Å². The van der Waals surface area contributed by atoms with Gasteiger partial charge in [-0.25, -0.2) is 0 Å². The molecule has 0 aliphatic carbocycles. The summed E-state index contributed by atoms with van der Waals surface area (Å²) in [6.45, 7) is 5.09. The molecule has 1 aromatic rings. The summed E-state index contributed by atoms with van der Waals surface area (Å²) in [4.78, 5) is 0. The highest BCUT2D eigenvalue weighted by Crippen LogP contribution is 2.08. The molecule has 1 rings (SSSR count). The summed E-state index contributed by atoms with van der Waals surface area (Å²) in [6.07, 6.45) is 1.97. The van der Waals surface area contributed by atoms with Crippen molar-refractivity contribution in [3.63, 3.8) is 0 Å². The van der Waals surface area contributed by atoms with Crippen LogP contribution < -0.4 is 0 Å². The first-order valence-electron chi connectivity index (χ1n) is 5.56. The highest BCUT2D eigenvalue weighted by molar-refractivity contribution is 5.23. The third-order valence-electron chi connectivity index (χ3n) is 2.40. The van der Waals surface area contributed by atoms with E-state index >= 15 is 0 Å². The number of rotatable bonds is 6. The molecule has 2 nitrogen and oxygen atoms in total. The minimum atomic E-state index is 0.217. The summed E-state index contributed by atoms with van der Waals surface area (Å²) >= 11 is 0. The van der Waals surface area contributed by atoms with E-state index in [9.17, 15) is 0 Å². The maximum Gasteiger partial charge on any atom is 0.0587 e. The van der Waals surface area contributed by atoms with Gasteiger partial charge in [0.05, 0.1) is 6.10 Å². The van der Waals surface area contributed by atoms with Crippen molar-refractivity contribution in [1.29, 1.82) is 0 Å². The quantitative estimate of drug-likeness (QED) is 0.776. The van der Waals surface area contributed by atoms with Crippen molar-refractivity contribution in [3.05, 3.63) is 35.4 Å². The number of benzene rings is 1. The van der Waals surface area contributed by atoms with E-state index in [0.29, 0.717) is 0 Å². The van der Waals surface area contributed by atoms with E-state index in [1.54, 1.807) is 0 Å². The Morgan fingerprint density at radius 2 is 1.80 bits per heavy atom. The number of ether oxygens (including phenoxy) is 1. The highest BCUT2D eigenvalue weighted by Gasteiger charge is 2.02. The van der Waals surface area contributed by atoms with E-state index in [0.717, 1.165) is 19.4 Å². The van der Waals surface area contributed by atoms with Crippen LogP contribution in [-0.4, -0.2) is 24.4 Å². The molecule has 1 unspecified atom stereocenters. The lowest BCUT2D eigenvalue weighted by molar-refractivity contribution is 0.0768. The number of hydrogen-bond acceptors (Lipinski definition) is 2. The normalized spacial score (nSPS) is 12.7. The predicted molar refractivity (Wildman–Crippen MR) is 62.0 cm³/mol. The molecule has 0 saturated heterocycles. The molecule has 2 heteroatoms. The second-order valence-electron chi connectivity index (χ2n) is 3.76. The number of hydrogen-bond donors (Lipinski definition) is 1. The van der Waals surface area contributed by atoms with Crippen LogP contribution in [0.4, 0.5) is 0 Å². The van der Waals surface area contributed by atoms with Crippen LogP contribution in [-0.2, 0) is 17.6 Å². The van der Waals surface area contributed by atoms with Crippen molar-refractivity contribution in [2.45, 2.75) is 32.8 Å². The zero-order valence-corrected chi connectivity index (χ0v) is 9.57. The summed E-state index contributed by atoms with van der Waals surface area (Å²) < 4.78 is 5.48. The molecule has 0 aromatic heterocycles. The van der Waals surface area contributed by atoms with Crippen LogP contribution in [0.2, 0.25) is 0 Å². The molecular formula is C13H20O2. The maximum atomic E-state index is 8.78. The molecule has 1 atom stereocenters. The Bertz CT molecular complexity index is 266. The molecular weight excluding hydrogens is 188 g/mol. The third kappa shape index (κ3) is 4.45. The Balaban J connectivity index is 2.48. The smallest absolute Gasteiger partial charge is 0.0587 e. The van der Waals surface area contributed by atoms with Gasteiger partial charge >= 0.3 is 0 Å². The summed E-state index contributed by atoms with van der Waals surface area (Å²) in [5.74, 6) is 0.